The first-order valence-electron chi connectivity index (χ1n) is 10.8. The van der Waals surface area contributed by atoms with Gasteiger partial charge in [-0.05, 0) is 60.5 Å². The maximum Gasteiger partial charge on any atom is 0.318 e. The number of carbonyl (C=O) groups is 1. The van der Waals surface area contributed by atoms with Crippen molar-refractivity contribution in [3.63, 3.8) is 0 Å². The number of nitrogens with one attached hydrogen (secondary N) is 1. The van der Waals surface area contributed by atoms with E-state index in [9.17, 15) is 30.3 Å². The predicted octanol–water partition coefficient (Wildman–Crippen LogP) is 6.23. The van der Waals surface area contributed by atoms with Crippen molar-refractivity contribution in [1.29, 1.82) is 5.26 Å². The van der Waals surface area contributed by atoms with Crippen molar-refractivity contribution in [3.05, 3.63) is 109 Å². The van der Waals surface area contributed by atoms with E-state index in [0.717, 1.165) is 18.2 Å². The molecule has 1 amide bonds. The lowest BCUT2D eigenvalue weighted by Gasteiger charge is -2.16. The highest BCUT2D eigenvalue weighted by Gasteiger charge is 2.24. The normalized spacial score (nSPS) is 10.7. The van der Waals surface area contributed by atoms with Gasteiger partial charge in [0.15, 0.2) is 11.5 Å². The van der Waals surface area contributed by atoms with Gasteiger partial charge in [-0.1, -0.05) is 17.7 Å². The summed E-state index contributed by atoms with van der Waals surface area (Å²) in [5.74, 6) is -0.655. The molecule has 0 saturated heterocycles. The van der Waals surface area contributed by atoms with Gasteiger partial charge in [0.25, 0.3) is 11.6 Å². The van der Waals surface area contributed by atoms with E-state index >= 15 is 0 Å². The molecule has 3 aromatic carbocycles. The van der Waals surface area contributed by atoms with E-state index in [-0.39, 0.29) is 29.2 Å². The molecule has 0 saturated carbocycles. The number of amides is 1. The number of allylic oxidation sites excluding steroid dienone is 1. The molecule has 38 heavy (non-hydrogen) atoms. The smallest absolute Gasteiger partial charge is 0.318 e. The fraction of sp³-hybridized carbons (Fsp3) is 0.0769. The molecule has 3 aromatic rings. The molecule has 0 heterocycles. The van der Waals surface area contributed by atoms with Crippen LogP contribution < -0.4 is 14.8 Å². The van der Waals surface area contributed by atoms with E-state index in [4.69, 9.17) is 21.1 Å². The van der Waals surface area contributed by atoms with E-state index in [1.807, 2.05) is 6.07 Å². The maximum atomic E-state index is 12.7. The minimum atomic E-state index is -0.794. The van der Waals surface area contributed by atoms with Crippen LogP contribution in [0.2, 0.25) is 5.02 Å². The average molecular weight is 535 g/mol. The zero-order valence-electron chi connectivity index (χ0n) is 19.8. The summed E-state index contributed by atoms with van der Waals surface area (Å²) in [6, 6.07) is 14.3. The van der Waals surface area contributed by atoms with Gasteiger partial charge in [0.2, 0.25) is 5.75 Å². The number of nitriles is 1. The molecule has 192 valence electrons. The van der Waals surface area contributed by atoms with Crippen LogP contribution in [-0.4, -0.2) is 22.9 Å². The van der Waals surface area contributed by atoms with Crippen molar-refractivity contribution < 1.29 is 24.1 Å². The molecule has 0 aromatic heterocycles. The largest absolute Gasteiger partial charge is 0.493 e. The summed E-state index contributed by atoms with van der Waals surface area (Å²) in [7, 11) is 1.34. The number of non-ortho nitro benzene ring substituents is 1. The van der Waals surface area contributed by atoms with Crippen molar-refractivity contribution in [2.75, 3.05) is 12.4 Å². The fourth-order valence-corrected chi connectivity index (χ4v) is 3.47. The summed E-state index contributed by atoms with van der Waals surface area (Å²) in [6.07, 6.45) is 3.13. The summed E-state index contributed by atoms with van der Waals surface area (Å²) in [6.45, 7) is 3.70. The van der Waals surface area contributed by atoms with E-state index in [1.54, 1.807) is 36.4 Å². The molecular weight excluding hydrogens is 516 g/mol. The predicted molar refractivity (Wildman–Crippen MR) is 140 cm³/mol. The topological polar surface area (TPSA) is 158 Å². The molecule has 0 fully saturated rings. The fourth-order valence-electron chi connectivity index (χ4n) is 3.35. The first-order valence-corrected chi connectivity index (χ1v) is 11.2. The Morgan fingerprint density at radius 2 is 1.82 bits per heavy atom. The molecule has 3 rings (SSSR count). The maximum absolute atomic E-state index is 12.7. The number of hydrogen-bond donors (Lipinski definition) is 1. The second-order valence-corrected chi connectivity index (χ2v) is 8.04. The van der Waals surface area contributed by atoms with Gasteiger partial charge < -0.3 is 14.8 Å². The Kier molecular flexibility index (Phi) is 8.76. The van der Waals surface area contributed by atoms with Crippen LogP contribution in [0.1, 0.15) is 11.1 Å². The molecular formula is C26H19ClN4O7. The van der Waals surface area contributed by atoms with Crippen molar-refractivity contribution in [2.24, 2.45) is 0 Å². The van der Waals surface area contributed by atoms with Crippen LogP contribution in [0.4, 0.5) is 17.1 Å². The molecule has 0 unspecified atom stereocenters. The SMILES string of the molecule is C=CCc1cc(/C=C(\C#N)C(=O)Nc2ccc(Cl)cc2)cc(OC)c1Oc1ccc([N+](=O)[O-])cc1[N+](=O)[O-]. The summed E-state index contributed by atoms with van der Waals surface area (Å²) in [4.78, 5) is 33.7. The number of nitro benzene ring substituents is 2. The minimum Gasteiger partial charge on any atom is -0.493 e. The molecule has 0 bridgehead atoms. The zero-order chi connectivity index (χ0) is 27.8. The van der Waals surface area contributed by atoms with Gasteiger partial charge in [0.1, 0.15) is 11.6 Å². The van der Waals surface area contributed by atoms with Gasteiger partial charge in [0.05, 0.1) is 23.0 Å². The number of nitrogens with zero attached hydrogens (tertiary/aromatic N) is 3. The second-order valence-electron chi connectivity index (χ2n) is 7.60. The highest BCUT2D eigenvalue weighted by atomic mass is 35.5. The van der Waals surface area contributed by atoms with E-state index in [2.05, 4.69) is 11.9 Å². The Balaban J connectivity index is 2.02. The standard InChI is InChI=1S/C26H19ClN4O7/c1-3-4-17-11-16(12-18(15-28)26(32)29-20-7-5-19(27)6-8-20)13-24(37-2)25(17)38-23-10-9-21(30(33)34)14-22(23)31(35)36/h3,5-14H,1,4H2,2H3,(H,29,32)/b18-12+. The van der Waals surface area contributed by atoms with Crippen LogP contribution in [0.5, 0.6) is 17.2 Å². The number of anilines is 1. The number of carbonyl (C=O) groups excluding carboxylic acids is 1. The highest BCUT2D eigenvalue weighted by Crippen LogP contribution is 2.41. The van der Waals surface area contributed by atoms with Gasteiger partial charge >= 0.3 is 5.69 Å². The number of nitro groups is 2. The number of halogens is 1. The van der Waals surface area contributed by atoms with Gasteiger partial charge in [-0.25, -0.2) is 0 Å². The Morgan fingerprint density at radius 3 is 2.39 bits per heavy atom. The first-order chi connectivity index (χ1) is 18.2. The van der Waals surface area contributed by atoms with Crippen LogP contribution in [-0.2, 0) is 11.2 Å². The van der Waals surface area contributed by atoms with Crippen molar-refractivity contribution in [3.8, 4) is 23.3 Å². The summed E-state index contributed by atoms with van der Waals surface area (Å²) in [5.41, 5.74) is 0.0370. The first kappa shape index (κ1) is 27.4. The average Bonchev–Trinajstić information content (AvgIpc) is 2.89. The lowest BCUT2D eigenvalue weighted by atomic mass is 10.0. The summed E-state index contributed by atoms with van der Waals surface area (Å²) >= 11 is 5.86. The molecule has 0 aliphatic heterocycles. The Morgan fingerprint density at radius 1 is 1.11 bits per heavy atom. The van der Waals surface area contributed by atoms with Crippen molar-refractivity contribution >= 4 is 40.6 Å². The summed E-state index contributed by atoms with van der Waals surface area (Å²) < 4.78 is 11.2. The monoisotopic (exact) mass is 534 g/mol. The number of hydrogen-bond acceptors (Lipinski definition) is 8. The third-order valence-electron chi connectivity index (χ3n) is 5.08. The van der Waals surface area contributed by atoms with Gasteiger partial charge in [0, 0.05) is 22.3 Å². The Labute approximate surface area is 221 Å². The van der Waals surface area contributed by atoms with Crippen LogP contribution in [0.15, 0.2) is 72.8 Å². The number of ether oxygens (including phenoxy) is 2. The molecule has 0 radical (unpaired) electrons. The quantitative estimate of drug-likeness (QED) is 0.105. The Bertz CT molecular complexity index is 1490. The van der Waals surface area contributed by atoms with Crippen molar-refractivity contribution in [2.45, 2.75) is 6.42 Å². The van der Waals surface area contributed by atoms with Gasteiger partial charge in [-0.15, -0.1) is 6.58 Å². The van der Waals surface area contributed by atoms with Gasteiger partial charge in [-0.2, -0.15) is 5.26 Å². The van der Waals surface area contributed by atoms with Crippen LogP contribution >= 0.6 is 11.6 Å². The molecule has 0 aliphatic carbocycles. The van der Waals surface area contributed by atoms with Crippen LogP contribution in [0.3, 0.4) is 0 Å². The molecule has 0 aliphatic rings. The molecule has 12 heteroatoms. The molecule has 11 nitrogen and oxygen atoms in total. The van der Waals surface area contributed by atoms with E-state index < -0.39 is 27.1 Å². The molecule has 0 atom stereocenters. The van der Waals surface area contributed by atoms with Crippen molar-refractivity contribution in [1.82, 2.24) is 0 Å². The lowest BCUT2D eigenvalue weighted by molar-refractivity contribution is -0.394. The van der Waals surface area contributed by atoms with E-state index in [1.165, 1.54) is 19.3 Å². The zero-order valence-corrected chi connectivity index (χ0v) is 20.6. The third kappa shape index (κ3) is 6.51. The number of methoxy groups -OCH3 is 1. The van der Waals surface area contributed by atoms with E-state index in [0.29, 0.717) is 21.8 Å². The Hall–Kier alpha value is -5.21. The third-order valence-corrected chi connectivity index (χ3v) is 5.33. The number of benzene rings is 3. The minimum absolute atomic E-state index is 0.102. The highest BCUT2D eigenvalue weighted by molar-refractivity contribution is 6.30. The molecule has 0 spiro atoms. The molecule has 1 N–H and O–H groups in total. The lowest BCUT2D eigenvalue weighted by Crippen LogP contribution is -2.13. The number of rotatable bonds is 10. The van der Waals surface area contributed by atoms with Crippen LogP contribution in [0, 0.1) is 31.6 Å². The second kappa shape index (κ2) is 12.2. The summed E-state index contributed by atoms with van der Waals surface area (Å²) in [5, 5.41) is 35.3. The van der Waals surface area contributed by atoms with Crippen LogP contribution in [0.25, 0.3) is 6.08 Å². The van der Waals surface area contributed by atoms with Gasteiger partial charge in [-0.3, -0.25) is 25.0 Å².